The zero-order valence-corrected chi connectivity index (χ0v) is 33.4. The number of allylic oxidation sites excluding steroid dienone is 2. The second kappa shape index (κ2) is 12.8. The molecule has 0 aliphatic heterocycles. The van der Waals surface area contributed by atoms with Crippen LogP contribution in [0.4, 0.5) is 6.01 Å². The van der Waals surface area contributed by atoms with Crippen molar-refractivity contribution in [1.82, 2.24) is 10.2 Å². The number of esters is 1. The van der Waals surface area contributed by atoms with E-state index in [0.717, 1.165) is 62.5 Å². The lowest BCUT2D eigenvalue weighted by Gasteiger charge is -2.72. The smallest absolute Gasteiger partial charge is 0.315 e. The number of nitrogens with one attached hydrogen (secondary N) is 1. The van der Waals surface area contributed by atoms with E-state index in [0.29, 0.717) is 36.7 Å². The van der Waals surface area contributed by atoms with Crippen molar-refractivity contribution in [3.05, 3.63) is 52.9 Å². The highest BCUT2D eigenvalue weighted by molar-refractivity contribution is 6.01. The zero-order chi connectivity index (χ0) is 38.4. The molecule has 0 radical (unpaired) electrons. The highest BCUT2D eigenvalue weighted by Gasteiger charge is 2.71. The molecule has 8 atom stereocenters. The monoisotopic (exact) mass is 727 g/mol. The molecular formula is C44H61N3O6. The fourth-order valence-electron chi connectivity index (χ4n) is 13.0. The van der Waals surface area contributed by atoms with Crippen LogP contribution >= 0.6 is 0 Å². The minimum Gasteiger partial charge on any atom is -0.481 e. The summed E-state index contributed by atoms with van der Waals surface area (Å²) in [6.07, 6.45) is 7.84. The number of ether oxygens (including phenoxy) is 1. The fourth-order valence-corrected chi connectivity index (χ4v) is 13.0. The highest BCUT2D eigenvalue weighted by Crippen LogP contribution is 2.76. The Balaban J connectivity index is 1.17. The number of anilines is 1. The van der Waals surface area contributed by atoms with Crippen LogP contribution in [0.2, 0.25) is 0 Å². The summed E-state index contributed by atoms with van der Waals surface area (Å²) < 4.78 is 12.6. The number of Topliss-reactive ketones (excluding diaryl/α,β-unsaturated/α-hetero) is 1. The van der Waals surface area contributed by atoms with Crippen LogP contribution in [0.1, 0.15) is 138 Å². The Labute approximate surface area is 315 Å². The Morgan fingerprint density at radius 3 is 2.34 bits per heavy atom. The first-order chi connectivity index (χ1) is 24.8. The van der Waals surface area contributed by atoms with Gasteiger partial charge in [-0.1, -0.05) is 83.9 Å². The molecule has 9 heteroatoms. The van der Waals surface area contributed by atoms with Crippen LogP contribution in [0.15, 0.2) is 45.9 Å². The lowest BCUT2D eigenvalue weighted by atomic mass is 9.33. The predicted molar refractivity (Wildman–Crippen MR) is 203 cm³/mol. The minimum absolute atomic E-state index is 0.0161. The summed E-state index contributed by atoms with van der Waals surface area (Å²) in [4.78, 5) is 39.0. The van der Waals surface area contributed by atoms with Gasteiger partial charge in [0.15, 0.2) is 5.78 Å². The Hall–Kier alpha value is -3.49. The summed E-state index contributed by atoms with van der Waals surface area (Å²) in [6, 6.07) is 10.6. The summed E-state index contributed by atoms with van der Waals surface area (Å²) >= 11 is 0. The highest BCUT2D eigenvalue weighted by atomic mass is 16.5. The van der Waals surface area contributed by atoms with Crippen LogP contribution in [-0.4, -0.2) is 39.1 Å². The summed E-state index contributed by atoms with van der Waals surface area (Å²) in [5.41, 5.74) is 1.54. The van der Waals surface area contributed by atoms with Crippen molar-refractivity contribution >= 4 is 23.7 Å². The number of ketones is 1. The van der Waals surface area contributed by atoms with Gasteiger partial charge in [0.2, 0.25) is 5.89 Å². The van der Waals surface area contributed by atoms with Crippen molar-refractivity contribution in [3.8, 4) is 0 Å². The average Bonchev–Trinajstić information content (AvgIpc) is 3.68. The largest absolute Gasteiger partial charge is 0.481 e. The molecule has 7 rings (SSSR count). The number of aliphatic carboxylic acids is 1. The molecule has 0 unspecified atom stereocenters. The quantitative estimate of drug-likeness (QED) is 0.243. The van der Waals surface area contributed by atoms with Crippen molar-refractivity contribution in [1.29, 1.82) is 0 Å². The van der Waals surface area contributed by atoms with Gasteiger partial charge in [0.05, 0.1) is 17.3 Å². The molecule has 4 fully saturated rings. The fraction of sp³-hybridized carbons (Fsp3) is 0.705. The SMILES string of the molecule is CC(C)C1=C2[C@H]3CC[C@@H]4[C@@]5(C)CC[C@H](OC(=O)CC(C)(C)C(=O)O)C(C)(C)[C@@H]5CC[C@@]4(C)[C@]3(C)CC[C@@]2(c2nnc(NCc3ccccc3)o2)CC1=O. The molecule has 0 spiro atoms. The van der Waals surface area contributed by atoms with E-state index < -0.39 is 22.8 Å². The maximum absolute atomic E-state index is 14.1. The van der Waals surface area contributed by atoms with Gasteiger partial charge in [-0.05, 0) is 122 Å². The molecule has 2 N–H and O–H groups in total. The number of aromatic nitrogens is 2. The third-order valence-corrected chi connectivity index (χ3v) is 15.9. The molecule has 1 aromatic heterocycles. The van der Waals surface area contributed by atoms with Gasteiger partial charge in [0.1, 0.15) is 6.10 Å². The number of carboxylic acid groups (broad SMARTS) is 1. The number of benzene rings is 1. The van der Waals surface area contributed by atoms with Crippen LogP contribution in [0.25, 0.3) is 0 Å². The Bertz CT molecular complexity index is 1810. The number of carbonyl (C=O) groups is 3. The van der Waals surface area contributed by atoms with E-state index in [1.54, 1.807) is 13.8 Å². The molecular weight excluding hydrogens is 666 g/mol. The van der Waals surface area contributed by atoms with Crippen molar-refractivity contribution in [2.75, 3.05) is 5.32 Å². The van der Waals surface area contributed by atoms with E-state index in [2.05, 4.69) is 76.1 Å². The summed E-state index contributed by atoms with van der Waals surface area (Å²) in [5, 5.41) is 22.1. The molecule has 53 heavy (non-hydrogen) atoms. The van der Waals surface area contributed by atoms with Crippen molar-refractivity contribution in [3.63, 3.8) is 0 Å². The van der Waals surface area contributed by atoms with E-state index >= 15 is 0 Å². The summed E-state index contributed by atoms with van der Waals surface area (Å²) in [7, 11) is 0. The van der Waals surface area contributed by atoms with E-state index in [1.165, 1.54) is 5.57 Å². The summed E-state index contributed by atoms with van der Waals surface area (Å²) in [5.74, 6) is 0.626. The first kappa shape index (κ1) is 37.8. The molecule has 4 saturated carbocycles. The summed E-state index contributed by atoms with van der Waals surface area (Å²) in [6.45, 7) is 20.2. The Kier molecular flexibility index (Phi) is 9.13. The van der Waals surface area contributed by atoms with Gasteiger partial charge in [-0.2, -0.15) is 0 Å². The van der Waals surface area contributed by atoms with Gasteiger partial charge in [-0.15, -0.1) is 5.10 Å². The third kappa shape index (κ3) is 5.71. The standard InChI is InChI=1S/C44H61N3O6/c1-26(2)34-29(48)23-44(36-46-47-38(53-36)45-25-27-13-11-10-12-14-27)22-21-42(8)28(35(34)44)15-16-31-41(7)19-18-32(52-33(49)24-39(3,4)37(50)51)40(5,6)30(41)17-20-43(31,42)9/h10-14,26,28,30-32H,15-25H2,1-9H3,(H,45,47)(H,50,51)/t28-,30+,31-,32+,41+,42-,43-,44-/m1/s1. The predicted octanol–water partition coefficient (Wildman–Crippen LogP) is 9.33. The number of hydrogen-bond donors (Lipinski definition) is 2. The van der Waals surface area contributed by atoms with Gasteiger partial charge in [0, 0.05) is 18.4 Å². The van der Waals surface area contributed by atoms with E-state index in [1.807, 2.05) is 18.2 Å². The molecule has 1 aromatic carbocycles. The van der Waals surface area contributed by atoms with Gasteiger partial charge in [-0.3, -0.25) is 14.4 Å². The topological polar surface area (TPSA) is 132 Å². The Morgan fingerprint density at radius 1 is 0.943 bits per heavy atom. The normalized spacial score (nSPS) is 36.3. The van der Waals surface area contributed by atoms with Crippen LogP contribution in [0.5, 0.6) is 0 Å². The number of carboxylic acids is 1. The second-order valence-electron chi connectivity index (χ2n) is 19.7. The van der Waals surface area contributed by atoms with E-state index in [4.69, 9.17) is 9.15 Å². The van der Waals surface area contributed by atoms with Crippen molar-refractivity contribution in [2.45, 2.75) is 145 Å². The third-order valence-electron chi connectivity index (χ3n) is 15.9. The number of fused-ring (bicyclic) bond motifs is 7. The second-order valence-corrected chi connectivity index (χ2v) is 19.7. The molecule has 1 heterocycles. The average molecular weight is 728 g/mol. The van der Waals surface area contributed by atoms with E-state index in [9.17, 15) is 19.5 Å². The van der Waals surface area contributed by atoms with Crippen molar-refractivity contribution in [2.24, 2.45) is 50.7 Å². The number of rotatable bonds is 9. The number of carbonyl (C=O) groups excluding carboxylic acids is 2. The van der Waals surface area contributed by atoms with Crippen LogP contribution in [0, 0.1) is 50.7 Å². The zero-order valence-electron chi connectivity index (χ0n) is 33.4. The molecule has 5 aliphatic carbocycles. The van der Waals surface area contributed by atoms with Crippen LogP contribution in [0.3, 0.4) is 0 Å². The minimum atomic E-state index is -1.16. The van der Waals surface area contributed by atoms with Crippen LogP contribution < -0.4 is 5.32 Å². The van der Waals surface area contributed by atoms with Crippen molar-refractivity contribution < 1.29 is 28.6 Å². The molecule has 288 valence electrons. The lowest BCUT2D eigenvalue weighted by molar-refractivity contribution is -0.232. The maximum Gasteiger partial charge on any atom is 0.315 e. The van der Waals surface area contributed by atoms with Crippen LogP contribution in [-0.2, 0) is 31.1 Å². The van der Waals surface area contributed by atoms with Gasteiger partial charge >= 0.3 is 18.0 Å². The number of hydrogen-bond acceptors (Lipinski definition) is 8. The van der Waals surface area contributed by atoms with Gasteiger partial charge in [-0.25, -0.2) is 0 Å². The first-order valence-electron chi connectivity index (χ1n) is 20.1. The number of nitrogens with zero attached hydrogens (tertiary/aromatic N) is 2. The molecule has 5 aliphatic rings. The van der Waals surface area contributed by atoms with Gasteiger partial charge < -0.3 is 19.6 Å². The van der Waals surface area contributed by atoms with Gasteiger partial charge in [0.25, 0.3) is 0 Å². The molecule has 0 saturated heterocycles. The molecule has 9 nitrogen and oxygen atoms in total. The Morgan fingerprint density at radius 2 is 1.66 bits per heavy atom. The molecule has 0 bridgehead atoms. The molecule has 0 amide bonds. The first-order valence-corrected chi connectivity index (χ1v) is 20.1. The maximum atomic E-state index is 14.1. The molecule has 2 aromatic rings. The lowest BCUT2D eigenvalue weighted by Crippen LogP contribution is -2.66. The van der Waals surface area contributed by atoms with E-state index in [-0.39, 0.29) is 51.8 Å².